The minimum Gasteiger partial charge on any atom is -0.378 e. The van der Waals surface area contributed by atoms with Crippen molar-refractivity contribution in [3.8, 4) is 0 Å². The highest BCUT2D eigenvalue weighted by atomic mass is 79.9. The van der Waals surface area contributed by atoms with Gasteiger partial charge in [-0.25, -0.2) is 4.39 Å². The van der Waals surface area contributed by atoms with Gasteiger partial charge >= 0.3 is 0 Å². The molecule has 1 atom stereocenters. The Labute approximate surface area is 169 Å². The first-order valence-electron chi connectivity index (χ1n) is 8.47. The molecular weight excluding hydrogens is 427 g/mol. The average molecular weight is 443 g/mol. The van der Waals surface area contributed by atoms with E-state index in [0.29, 0.717) is 11.3 Å². The number of halogens is 2. The van der Waals surface area contributed by atoms with E-state index in [2.05, 4.69) is 21.2 Å². The number of carbonyl (C=O) groups is 1. The van der Waals surface area contributed by atoms with E-state index in [1.165, 1.54) is 36.4 Å². The highest BCUT2D eigenvalue weighted by molar-refractivity contribution is 9.10. The Kier molecular flexibility index (Phi) is 6.16. The minimum absolute atomic E-state index is 0.00636. The maximum Gasteiger partial charge on any atom is 0.269 e. The molecule has 1 N–H and O–H groups in total. The van der Waals surface area contributed by atoms with Gasteiger partial charge in [0.05, 0.1) is 11.0 Å². The lowest BCUT2D eigenvalue weighted by Gasteiger charge is -2.20. The Morgan fingerprint density at radius 1 is 1.00 bits per heavy atom. The van der Waals surface area contributed by atoms with Gasteiger partial charge in [-0.3, -0.25) is 14.9 Å². The molecule has 0 spiro atoms. The number of nitrogens with one attached hydrogen (secondary N) is 1. The van der Waals surface area contributed by atoms with Crippen LogP contribution in [0.1, 0.15) is 28.4 Å². The van der Waals surface area contributed by atoms with Crippen LogP contribution in [0.2, 0.25) is 0 Å². The molecule has 0 saturated heterocycles. The molecule has 0 saturated carbocycles. The zero-order valence-electron chi connectivity index (χ0n) is 14.6. The topological polar surface area (TPSA) is 72.2 Å². The summed E-state index contributed by atoms with van der Waals surface area (Å²) in [5, 5.41) is 14.1. The first kappa shape index (κ1) is 19.7. The monoisotopic (exact) mass is 442 g/mol. The molecule has 0 amide bonds. The molecule has 0 aliphatic carbocycles. The molecule has 0 radical (unpaired) electrons. The Morgan fingerprint density at radius 2 is 1.61 bits per heavy atom. The summed E-state index contributed by atoms with van der Waals surface area (Å²) in [6.45, 7) is 0. The maximum absolute atomic E-state index is 13.1. The minimum atomic E-state index is -0.464. The summed E-state index contributed by atoms with van der Waals surface area (Å²) < 4.78 is 14.0. The van der Waals surface area contributed by atoms with Crippen LogP contribution in [0, 0.1) is 15.9 Å². The smallest absolute Gasteiger partial charge is 0.269 e. The van der Waals surface area contributed by atoms with Gasteiger partial charge in [0.25, 0.3) is 5.69 Å². The van der Waals surface area contributed by atoms with Crippen molar-refractivity contribution in [2.75, 3.05) is 5.32 Å². The predicted molar refractivity (Wildman–Crippen MR) is 109 cm³/mol. The van der Waals surface area contributed by atoms with E-state index in [-0.39, 0.29) is 23.9 Å². The number of ketones is 1. The van der Waals surface area contributed by atoms with Crippen LogP contribution in [0.5, 0.6) is 0 Å². The van der Waals surface area contributed by atoms with Crippen molar-refractivity contribution in [1.29, 1.82) is 0 Å². The van der Waals surface area contributed by atoms with Gasteiger partial charge in [-0.05, 0) is 54.1 Å². The Balaban J connectivity index is 1.84. The molecule has 0 bridgehead atoms. The number of nitro benzene ring substituents is 1. The third kappa shape index (κ3) is 5.01. The van der Waals surface area contributed by atoms with Crippen LogP contribution < -0.4 is 5.32 Å². The summed E-state index contributed by atoms with van der Waals surface area (Å²) in [5.74, 6) is -0.535. The Hall–Kier alpha value is -3.06. The standard InChI is InChI=1S/C21H16BrFN2O3/c22-16-5-1-14(2-6-16)20(13-21(26)15-3-7-17(23)8-4-15)24-18-9-11-19(12-10-18)25(27)28/h1-12,20,24H,13H2. The van der Waals surface area contributed by atoms with E-state index >= 15 is 0 Å². The van der Waals surface area contributed by atoms with Gasteiger partial charge < -0.3 is 5.32 Å². The van der Waals surface area contributed by atoms with Crippen LogP contribution in [-0.2, 0) is 0 Å². The lowest BCUT2D eigenvalue weighted by atomic mass is 9.97. The first-order valence-corrected chi connectivity index (χ1v) is 9.27. The average Bonchev–Trinajstić information content (AvgIpc) is 2.69. The predicted octanol–water partition coefficient (Wildman–Crippen LogP) is 5.92. The van der Waals surface area contributed by atoms with E-state index in [1.807, 2.05) is 24.3 Å². The van der Waals surface area contributed by atoms with Crippen molar-refractivity contribution in [3.63, 3.8) is 0 Å². The van der Waals surface area contributed by atoms with Gasteiger partial charge in [0.2, 0.25) is 0 Å². The molecule has 0 aliphatic heterocycles. The number of nitrogens with zero attached hydrogens (tertiary/aromatic N) is 1. The molecule has 0 heterocycles. The van der Waals surface area contributed by atoms with Crippen LogP contribution in [0.3, 0.4) is 0 Å². The molecule has 0 fully saturated rings. The van der Waals surface area contributed by atoms with Gasteiger partial charge in [-0.2, -0.15) is 0 Å². The van der Waals surface area contributed by atoms with E-state index < -0.39 is 10.7 Å². The summed E-state index contributed by atoms with van der Waals surface area (Å²) >= 11 is 3.39. The lowest BCUT2D eigenvalue weighted by Crippen LogP contribution is -2.16. The molecule has 3 rings (SSSR count). The number of non-ortho nitro benzene ring substituents is 1. The van der Waals surface area contributed by atoms with Gasteiger partial charge in [0, 0.05) is 34.3 Å². The Morgan fingerprint density at radius 3 is 2.18 bits per heavy atom. The summed E-state index contributed by atoms with van der Waals surface area (Å²) in [5.41, 5.74) is 1.96. The number of nitro groups is 1. The number of hydrogen-bond acceptors (Lipinski definition) is 4. The number of benzene rings is 3. The largest absolute Gasteiger partial charge is 0.378 e. The number of anilines is 1. The quantitative estimate of drug-likeness (QED) is 0.280. The number of carbonyl (C=O) groups excluding carboxylic acids is 1. The van der Waals surface area contributed by atoms with Crippen molar-refractivity contribution < 1.29 is 14.1 Å². The van der Waals surface area contributed by atoms with Gasteiger partial charge in [0.15, 0.2) is 5.78 Å². The molecular formula is C21H16BrFN2O3. The van der Waals surface area contributed by atoms with Crippen LogP contribution in [0.25, 0.3) is 0 Å². The second kappa shape index (κ2) is 8.75. The molecule has 7 heteroatoms. The fourth-order valence-electron chi connectivity index (χ4n) is 2.77. The zero-order valence-corrected chi connectivity index (χ0v) is 16.2. The highest BCUT2D eigenvalue weighted by Crippen LogP contribution is 2.27. The number of rotatable bonds is 7. The van der Waals surface area contributed by atoms with Crippen LogP contribution in [0.15, 0.2) is 77.3 Å². The lowest BCUT2D eigenvalue weighted by molar-refractivity contribution is -0.384. The van der Waals surface area contributed by atoms with E-state index in [1.54, 1.807) is 12.1 Å². The van der Waals surface area contributed by atoms with Crippen LogP contribution >= 0.6 is 15.9 Å². The van der Waals surface area contributed by atoms with Gasteiger partial charge in [0.1, 0.15) is 5.82 Å². The van der Waals surface area contributed by atoms with Crippen molar-refractivity contribution in [2.24, 2.45) is 0 Å². The Bertz CT molecular complexity index is 974. The van der Waals surface area contributed by atoms with Crippen molar-refractivity contribution in [3.05, 3.63) is 104 Å². The second-order valence-electron chi connectivity index (χ2n) is 6.19. The molecule has 5 nitrogen and oxygen atoms in total. The molecule has 1 unspecified atom stereocenters. The van der Waals surface area contributed by atoms with E-state index in [9.17, 15) is 19.3 Å². The zero-order chi connectivity index (χ0) is 20.1. The number of hydrogen-bond donors (Lipinski definition) is 1. The summed E-state index contributed by atoms with van der Waals surface area (Å²) in [7, 11) is 0. The van der Waals surface area contributed by atoms with E-state index in [0.717, 1.165) is 10.0 Å². The molecule has 142 valence electrons. The van der Waals surface area contributed by atoms with Crippen molar-refractivity contribution >= 4 is 33.1 Å². The summed E-state index contributed by atoms with van der Waals surface area (Å²) in [6, 6.07) is 18.6. The molecule has 28 heavy (non-hydrogen) atoms. The second-order valence-corrected chi connectivity index (χ2v) is 7.10. The fourth-order valence-corrected chi connectivity index (χ4v) is 3.03. The number of Topliss-reactive ketones (excluding diaryl/α,β-unsaturated/α-hetero) is 1. The summed E-state index contributed by atoms with van der Waals surface area (Å²) in [4.78, 5) is 23.0. The maximum atomic E-state index is 13.1. The van der Waals surface area contributed by atoms with Crippen LogP contribution in [-0.4, -0.2) is 10.7 Å². The highest BCUT2D eigenvalue weighted by Gasteiger charge is 2.18. The van der Waals surface area contributed by atoms with E-state index in [4.69, 9.17) is 0 Å². The molecule has 0 aliphatic rings. The normalized spacial score (nSPS) is 11.6. The third-order valence-corrected chi connectivity index (χ3v) is 4.78. The molecule has 3 aromatic rings. The van der Waals surface area contributed by atoms with Crippen LogP contribution in [0.4, 0.5) is 15.8 Å². The summed E-state index contributed by atoms with van der Waals surface area (Å²) in [6.07, 6.45) is 0.143. The third-order valence-electron chi connectivity index (χ3n) is 4.25. The molecule has 3 aromatic carbocycles. The molecule has 0 aromatic heterocycles. The SMILES string of the molecule is O=C(CC(Nc1ccc([N+](=O)[O-])cc1)c1ccc(Br)cc1)c1ccc(F)cc1. The van der Waals surface area contributed by atoms with Crippen molar-refractivity contribution in [2.45, 2.75) is 12.5 Å². The first-order chi connectivity index (χ1) is 13.4. The van der Waals surface area contributed by atoms with Gasteiger partial charge in [-0.1, -0.05) is 28.1 Å². The fraction of sp³-hybridized carbons (Fsp3) is 0.0952. The van der Waals surface area contributed by atoms with Crippen molar-refractivity contribution in [1.82, 2.24) is 0 Å². The van der Waals surface area contributed by atoms with Gasteiger partial charge in [-0.15, -0.1) is 0 Å².